The molecule has 0 N–H and O–H groups in total. The Labute approximate surface area is 370 Å². The third-order valence-electron chi connectivity index (χ3n) is 10.1. The van der Waals surface area contributed by atoms with E-state index in [-0.39, 0.29) is 41.1 Å². The molecule has 0 heterocycles. The van der Waals surface area contributed by atoms with Crippen molar-refractivity contribution >= 4 is 63.4 Å². The van der Waals surface area contributed by atoms with E-state index in [2.05, 4.69) is 147 Å². The van der Waals surface area contributed by atoms with Crippen molar-refractivity contribution in [2.24, 2.45) is 17.3 Å². The van der Waals surface area contributed by atoms with Crippen molar-refractivity contribution in [1.29, 1.82) is 0 Å². The number of hydrogen-bond acceptors (Lipinski definition) is 0. The van der Waals surface area contributed by atoms with Gasteiger partial charge in [-0.15, -0.1) is 36.4 Å². The zero-order valence-corrected chi connectivity index (χ0v) is 39.9. The Kier molecular flexibility index (Phi) is 18.2. The summed E-state index contributed by atoms with van der Waals surface area (Å²) in [5, 5.41) is 1.48. The van der Waals surface area contributed by atoms with Gasteiger partial charge in [0, 0.05) is 5.41 Å². The third-order valence-corrected chi connectivity index (χ3v) is 10.6. The van der Waals surface area contributed by atoms with Crippen LogP contribution < -0.4 is 0 Å². The van der Waals surface area contributed by atoms with Gasteiger partial charge in [-0.25, -0.2) is 11.6 Å². The first kappa shape index (κ1) is 48.9. The SMILES string of the molecule is CC(C)C1[C-]=CC(C(C)(C)C)=C1.CC1=[C-]C(C)(C)c2cc3c(cc21)-c1cc2c(cc1C3)C(C)(C)C=C2C.Cl.Cl.Clc1c[c-]ccc1.Clc1c[c-]ccc1.[CH2]=[Zr]. The van der Waals surface area contributed by atoms with Crippen LogP contribution in [0.5, 0.6) is 0 Å². The average molecular weight is 890 g/mol. The molecule has 4 aliphatic rings. The molecule has 0 aromatic heterocycles. The van der Waals surface area contributed by atoms with E-state index in [1.807, 2.05) is 36.4 Å². The number of halogens is 4. The average Bonchev–Trinajstić information content (AvgIpc) is 3.84. The second-order valence-electron chi connectivity index (χ2n) is 16.6. The van der Waals surface area contributed by atoms with Crippen LogP contribution in [0.3, 0.4) is 0 Å². The molecule has 0 nitrogen and oxygen atoms in total. The van der Waals surface area contributed by atoms with Gasteiger partial charge in [0.2, 0.25) is 0 Å². The van der Waals surface area contributed by atoms with E-state index in [0.717, 1.165) is 16.5 Å². The molecule has 4 aliphatic carbocycles. The second kappa shape index (κ2) is 20.4. The van der Waals surface area contributed by atoms with Crippen molar-refractivity contribution in [2.45, 2.75) is 93.4 Å². The van der Waals surface area contributed by atoms with E-state index in [9.17, 15) is 0 Å². The van der Waals surface area contributed by atoms with Crippen molar-refractivity contribution in [1.82, 2.24) is 0 Å². The van der Waals surface area contributed by atoms with Gasteiger partial charge in [-0.05, 0) is 58.4 Å². The van der Waals surface area contributed by atoms with E-state index in [1.165, 1.54) is 85.5 Å². The predicted octanol–water partition coefficient (Wildman–Crippen LogP) is 15.1. The van der Waals surface area contributed by atoms with Crippen molar-refractivity contribution < 1.29 is 24.2 Å². The Morgan fingerprint density at radius 3 is 1.69 bits per heavy atom. The fraction of sp³-hybridized carbons (Fsp3) is 0.340. The normalized spacial score (nSPS) is 16.7. The summed E-state index contributed by atoms with van der Waals surface area (Å²) in [4.78, 5) is 0. The summed E-state index contributed by atoms with van der Waals surface area (Å²) >= 11 is 12.3. The van der Waals surface area contributed by atoms with E-state index >= 15 is 0 Å². The number of fused-ring (bicyclic) bond motifs is 5. The molecule has 0 fully saturated rings. The van der Waals surface area contributed by atoms with Crippen molar-refractivity contribution in [2.75, 3.05) is 0 Å². The Morgan fingerprint density at radius 2 is 1.29 bits per heavy atom. The standard InChI is InChI=1S/C25H25.C12H19.2C6H4Cl.CH2.2ClH.Zr/c1-14-12-24(3,4)22-8-16-7-17-9-23-19(15(2)13-25(23,5)6)11-21(17)20(16)10-18(14)22;1-9(2)10-6-7-11(8-10)12(3,4)5;2*7-6-4-2-1-3-5-6;;;;/h8-12H,7H2,1-6H3;7-10H,1-5H3;2*1-2,4-5H;1H2;2*1H;/q4*-1;;;;. The summed E-state index contributed by atoms with van der Waals surface area (Å²) in [6.07, 6.45) is 15.0. The van der Waals surface area contributed by atoms with Crippen LogP contribution in [0.4, 0.5) is 0 Å². The van der Waals surface area contributed by atoms with Crippen LogP contribution in [-0.4, -0.2) is 4.21 Å². The third kappa shape index (κ3) is 12.1. The van der Waals surface area contributed by atoms with E-state index in [1.54, 1.807) is 12.1 Å². The van der Waals surface area contributed by atoms with Gasteiger partial charge < -0.3 is 0 Å². The van der Waals surface area contributed by atoms with Gasteiger partial charge in [0.15, 0.2) is 0 Å². The summed E-state index contributed by atoms with van der Waals surface area (Å²) in [6.45, 7) is 24.9. The summed E-state index contributed by atoms with van der Waals surface area (Å²) in [6, 6.07) is 29.9. The molecule has 292 valence electrons. The molecule has 1 atom stereocenters. The topological polar surface area (TPSA) is 0 Å². The van der Waals surface area contributed by atoms with Crippen LogP contribution in [0, 0.1) is 41.5 Å². The van der Waals surface area contributed by atoms with Gasteiger partial charge in [0.05, 0.1) is 0 Å². The molecule has 4 aromatic rings. The molecule has 0 aliphatic heterocycles. The van der Waals surface area contributed by atoms with Crippen LogP contribution in [0.2, 0.25) is 10.0 Å². The molecule has 8 rings (SSSR count). The molecule has 4 aromatic carbocycles. The number of hydrogen-bond donors (Lipinski definition) is 0. The summed E-state index contributed by atoms with van der Waals surface area (Å²) in [7, 11) is 0. The van der Waals surface area contributed by atoms with Crippen molar-refractivity contribution in [3.05, 3.63) is 164 Å². The molecule has 0 bridgehead atoms. The molecular formula is C50H56Cl4Zr-4. The summed E-state index contributed by atoms with van der Waals surface area (Å²) in [5.41, 5.74) is 16.3. The minimum absolute atomic E-state index is 0. The van der Waals surface area contributed by atoms with E-state index in [0.29, 0.717) is 11.8 Å². The molecule has 0 saturated carbocycles. The Hall–Kier alpha value is -2.25. The molecule has 0 saturated heterocycles. The maximum absolute atomic E-state index is 5.51. The molecule has 0 radical (unpaired) electrons. The van der Waals surface area contributed by atoms with E-state index < -0.39 is 0 Å². The first-order valence-corrected chi connectivity index (χ1v) is 20.9. The summed E-state index contributed by atoms with van der Waals surface area (Å²) in [5.74, 6) is 1.22. The quantitative estimate of drug-likeness (QED) is 0.147. The minimum atomic E-state index is 0. The zero-order chi connectivity index (χ0) is 39.3. The van der Waals surface area contributed by atoms with Gasteiger partial charge in [-0.2, -0.15) is 101 Å². The van der Waals surface area contributed by atoms with Gasteiger partial charge in [0.1, 0.15) is 0 Å². The zero-order valence-electron chi connectivity index (χ0n) is 34.3. The maximum atomic E-state index is 5.51. The van der Waals surface area contributed by atoms with Gasteiger partial charge >= 0.3 is 28.4 Å². The second-order valence-corrected chi connectivity index (χ2v) is 17.5. The van der Waals surface area contributed by atoms with Gasteiger partial charge in [-0.3, -0.25) is 12.2 Å². The van der Waals surface area contributed by atoms with Crippen LogP contribution in [0.15, 0.2) is 96.6 Å². The fourth-order valence-electron chi connectivity index (χ4n) is 7.35. The number of allylic oxidation sites excluding steroid dienone is 8. The number of rotatable bonds is 1. The molecule has 0 amide bonds. The Bertz CT molecular complexity index is 1900. The van der Waals surface area contributed by atoms with Crippen LogP contribution in [-0.2, 0) is 41.5 Å². The Morgan fingerprint density at radius 1 is 0.782 bits per heavy atom. The molecular weight excluding hydrogens is 834 g/mol. The molecule has 5 heteroatoms. The summed E-state index contributed by atoms with van der Waals surface area (Å²) < 4.78 is 3.34. The molecule has 1 unspecified atom stereocenters. The van der Waals surface area contributed by atoms with Crippen molar-refractivity contribution in [3.63, 3.8) is 0 Å². The monoisotopic (exact) mass is 886 g/mol. The van der Waals surface area contributed by atoms with Crippen LogP contribution in [0.25, 0.3) is 22.3 Å². The first-order valence-electron chi connectivity index (χ1n) is 18.4. The van der Waals surface area contributed by atoms with Crippen LogP contribution in [0.1, 0.15) is 110 Å². The predicted molar refractivity (Wildman–Crippen MR) is 243 cm³/mol. The molecule has 0 spiro atoms. The van der Waals surface area contributed by atoms with Gasteiger partial charge in [-0.1, -0.05) is 120 Å². The van der Waals surface area contributed by atoms with Crippen molar-refractivity contribution in [3.8, 4) is 11.1 Å². The molecule has 55 heavy (non-hydrogen) atoms. The van der Waals surface area contributed by atoms with E-state index in [4.69, 9.17) is 23.2 Å². The number of benzene rings is 4. The first-order chi connectivity index (χ1) is 24.9. The van der Waals surface area contributed by atoms with Gasteiger partial charge in [0.25, 0.3) is 0 Å². The fourth-order valence-corrected chi connectivity index (χ4v) is 7.62. The van der Waals surface area contributed by atoms with Crippen LogP contribution >= 0.6 is 48.0 Å². The Balaban J connectivity index is 0.000000291.